The average molecular weight is 527 g/mol. The van der Waals surface area contributed by atoms with Crippen molar-refractivity contribution < 1.29 is 4.79 Å². The van der Waals surface area contributed by atoms with Crippen molar-refractivity contribution in [1.29, 1.82) is 0 Å². The number of nitrogens with one attached hydrogen (secondary N) is 2. The van der Waals surface area contributed by atoms with Gasteiger partial charge >= 0.3 is 6.03 Å². The van der Waals surface area contributed by atoms with Crippen molar-refractivity contribution in [3.63, 3.8) is 0 Å². The minimum Gasteiger partial charge on any atom is -0.366 e. The molecule has 2 aromatic carbocycles. The van der Waals surface area contributed by atoms with Gasteiger partial charge in [-0.2, -0.15) is 9.61 Å². The summed E-state index contributed by atoms with van der Waals surface area (Å²) in [4.78, 5) is 24.4. The Morgan fingerprint density at radius 1 is 0.950 bits per heavy atom. The van der Waals surface area contributed by atoms with E-state index >= 15 is 0 Å². The summed E-state index contributed by atoms with van der Waals surface area (Å²) in [5.74, 6) is 1.04. The quantitative estimate of drug-likeness (QED) is 0.310. The van der Waals surface area contributed by atoms with E-state index in [-0.39, 0.29) is 18.0 Å². The van der Waals surface area contributed by atoms with Crippen molar-refractivity contribution in [2.75, 3.05) is 18.4 Å². The second-order valence-electron chi connectivity index (χ2n) is 10.1. The number of amides is 2. The van der Waals surface area contributed by atoms with E-state index in [4.69, 9.17) is 12.8 Å². The first-order valence-corrected chi connectivity index (χ1v) is 13.6. The molecule has 1 aliphatic rings. The Morgan fingerprint density at radius 2 is 1.65 bits per heavy atom. The van der Waals surface area contributed by atoms with Crippen LogP contribution in [0, 0.1) is 0 Å². The van der Waals surface area contributed by atoms with Gasteiger partial charge in [-0.05, 0) is 41.1 Å². The van der Waals surface area contributed by atoms with E-state index in [0.29, 0.717) is 30.7 Å². The molecule has 1 saturated heterocycles. The normalized spacial score (nSPS) is 14.0. The van der Waals surface area contributed by atoms with Crippen LogP contribution in [0.1, 0.15) is 47.2 Å². The van der Waals surface area contributed by atoms with Gasteiger partial charge in [0.15, 0.2) is 0 Å². The lowest BCUT2D eigenvalue weighted by Crippen LogP contribution is -2.45. The number of fused-ring (bicyclic) bond motifs is 1. The number of nitrogens with zero attached hydrogens (tertiary/aromatic N) is 5. The maximum atomic E-state index is 13.4. The van der Waals surface area contributed by atoms with Gasteiger partial charge in [-0.3, -0.25) is 4.98 Å². The topological polar surface area (TPSA) is 87.5 Å². The van der Waals surface area contributed by atoms with Crippen molar-refractivity contribution in [3.8, 4) is 0 Å². The lowest BCUT2D eigenvalue weighted by atomic mass is 9.92. The number of hydrogen-bond acceptors (Lipinski definition) is 5. The summed E-state index contributed by atoms with van der Waals surface area (Å²) in [5, 5.41) is 11.2. The first kappa shape index (κ1) is 25.6. The molecule has 3 aromatic heterocycles. The Balaban J connectivity index is 1.15. The number of rotatable bonds is 7. The molecule has 6 rings (SSSR count). The molecule has 2 amide bonds. The van der Waals surface area contributed by atoms with Crippen LogP contribution < -0.4 is 16.1 Å². The predicted molar refractivity (Wildman–Crippen MR) is 157 cm³/mol. The summed E-state index contributed by atoms with van der Waals surface area (Å²) in [7, 11) is 6.21. The first-order valence-electron chi connectivity index (χ1n) is 13.6. The number of hydrogen-bond donors (Lipinski definition) is 2. The lowest BCUT2D eigenvalue weighted by Gasteiger charge is -2.33. The maximum absolute atomic E-state index is 13.4. The Labute approximate surface area is 234 Å². The molecule has 0 aliphatic carbocycles. The number of benzene rings is 2. The Kier molecular flexibility index (Phi) is 7.44. The summed E-state index contributed by atoms with van der Waals surface area (Å²) in [5.41, 5.74) is 5.31. The zero-order chi connectivity index (χ0) is 27.3. The van der Waals surface area contributed by atoms with Crippen molar-refractivity contribution in [2.24, 2.45) is 0 Å². The molecule has 9 heteroatoms. The number of carbonyl (C=O) groups is 1. The van der Waals surface area contributed by atoms with E-state index in [9.17, 15) is 4.79 Å². The lowest BCUT2D eigenvalue weighted by molar-refractivity contribution is 0.178. The number of carbonyl (C=O) groups excluding carboxylic acids is 1. The highest BCUT2D eigenvalue weighted by molar-refractivity contribution is 6.36. The summed E-state index contributed by atoms with van der Waals surface area (Å²) in [6, 6.07) is 25.9. The van der Waals surface area contributed by atoms with E-state index in [1.165, 1.54) is 0 Å². The first-order chi connectivity index (χ1) is 19.7. The van der Waals surface area contributed by atoms with Crippen molar-refractivity contribution in [1.82, 2.24) is 29.8 Å². The van der Waals surface area contributed by atoms with Gasteiger partial charge in [-0.15, -0.1) is 0 Å². The zero-order valence-corrected chi connectivity index (χ0v) is 22.1. The van der Waals surface area contributed by atoms with Gasteiger partial charge < -0.3 is 15.5 Å². The number of piperidine rings is 1. The SMILES string of the molecule is [B]c1cnn2c(NCc3cccnc3)cc(C3CCN(C(=O)NC(c4ccccc4)c4ccccc4)CC3)nc12. The molecule has 2 radical (unpaired) electrons. The third kappa shape index (κ3) is 5.54. The van der Waals surface area contributed by atoms with E-state index < -0.39 is 0 Å². The number of aromatic nitrogens is 4. The molecule has 0 saturated carbocycles. The summed E-state index contributed by atoms with van der Waals surface area (Å²) in [6.45, 7) is 1.90. The van der Waals surface area contributed by atoms with Crippen LogP contribution in [0.2, 0.25) is 0 Å². The molecule has 2 N–H and O–H groups in total. The third-order valence-electron chi connectivity index (χ3n) is 7.45. The fourth-order valence-electron chi connectivity index (χ4n) is 5.27. The highest BCUT2D eigenvalue weighted by atomic mass is 16.2. The van der Waals surface area contributed by atoms with Crippen molar-refractivity contribution in [3.05, 3.63) is 120 Å². The molecule has 8 nitrogen and oxygen atoms in total. The van der Waals surface area contributed by atoms with E-state index in [1.54, 1.807) is 16.9 Å². The van der Waals surface area contributed by atoms with Crippen molar-refractivity contribution >= 4 is 30.8 Å². The van der Waals surface area contributed by atoms with Crippen LogP contribution in [0.4, 0.5) is 10.6 Å². The van der Waals surface area contributed by atoms with Gasteiger partial charge in [0.25, 0.3) is 0 Å². The zero-order valence-electron chi connectivity index (χ0n) is 22.1. The van der Waals surface area contributed by atoms with E-state index in [2.05, 4.69) is 26.8 Å². The highest BCUT2D eigenvalue weighted by Gasteiger charge is 2.27. The van der Waals surface area contributed by atoms with Crippen LogP contribution in [0.5, 0.6) is 0 Å². The molecule has 0 bridgehead atoms. The largest absolute Gasteiger partial charge is 0.366 e. The average Bonchev–Trinajstić information content (AvgIpc) is 3.40. The van der Waals surface area contributed by atoms with Crippen LogP contribution >= 0.6 is 0 Å². The monoisotopic (exact) mass is 527 g/mol. The summed E-state index contributed by atoms with van der Waals surface area (Å²) < 4.78 is 1.74. The molecule has 0 atom stereocenters. The van der Waals surface area contributed by atoms with Crippen LogP contribution in [0.15, 0.2) is 97.5 Å². The van der Waals surface area contributed by atoms with Crippen LogP contribution in [-0.4, -0.2) is 51.4 Å². The van der Waals surface area contributed by atoms with Crippen LogP contribution in [-0.2, 0) is 6.54 Å². The molecule has 198 valence electrons. The van der Waals surface area contributed by atoms with E-state index in [0.717, 1.165) is 41.0 Å². The molecule has 5 aromatic rings. The van der Waals surface area contributed by atoms with Crippen molar-refractivity contribution in [2.45, 2.75) is 31.3 Å². The predicted octanol–water partition coefficient (Wildman–Crippen LogP) is 4.21. The van der Waals surface area contributed by atoms with Crippen LogP contribution in [0.3, 0.4) is 0 Å². The van der Waals surface area contributed by atoms with E-state index in [1.807, 2.05) is 83.9 Å². The minimum absolute atomic E-state index is 0.0570. The molecule has 1 fully saturated rings. The fourth-order valence-corrected chi connectivity index (χ4v) is 5.27. The molecule has 40 heavy (non-hydrogen) atoms. The number of likely N-dealkylation sites (tertiary alicyclic amines) is 1. The Bertz CT molecular complexity index is 1530. The summed E-state index contributed by atoms with van der Waals surface area (Å²) >= 11 is 0. The number of anilines is 1. The second kappa shape index (κ2) is 11.6. The number of pyridine rings is 1. The minimum atomic E-state index is -0.213. The standard InChI is InChI=1S/C31H30BN7O/c32-26-21-35-39-28(34-20-22-8-7-15-33-19-22)18-27(36-30(26)39)23-13-16-38(17-14-23)31(40)37-29(24-9-3-1-4-10-24)25-11-5-2-6-12-25/h1-12,15,18-19,21,23,29,34H,13-14,16-17,20H2,(H,37,40). The second-order valence-corrected chi connectivity index (χ2v) is 10.1. The van der Waals surface area contributed by atoms with Gasteiger partial charge in [0.05, 0.1) is 6.04 Å². The van der Waals surface area contributed by atoms with Gasteiger partial charge in [0.2, 0.25) is 0 Å². The third-order valence-corrected chi connectivity index (χ3v) is 7.45. The fraction of sp³-hybridized carbons (Fsp3) is 0.226. The van der Waals surface area contributed by atoms with Gasteiger partial charge in [0.1, 0.15) is 19.3 Å². The highest BCUT2D eigenvalue weighted by Crippen LogP contribution is 2.30. The maximum Gasteiger partial charge on any atom is 0.318 e. The van der Waals surface area contributed by atoms with Gasteiger partial charge in [0, 0.05) is 55.9 Å². The summed E-state index contributed by atoms with van der Waals surface area (Å²) in [6.07, 6.45) is 6.85. The molecular weight excluding hydrogens is 497 g/mol. The van der Waals surface area contributed by atoms with Gasteiger partial charge in [-0.25, -0.2) is 9.78 Å². The molecule has 0 unspecified atom stereocenters. The van der Waals surface area contributed by atoms with Gasteiger partial charge in [-0.1, -0.05) is 66.7 Å². The molecule has 1 aliphatic heterocycles. The molecule has 0 spiro atoms. The number of urea groups is 1. The Morgan fingerprint density at radius 3 is 2.30 bits per heavy atom. The molecule has 4 heterocycles. The van der Waals surface area contributed by atoms with Crippen LogP contribution in [0.25, 0.3) is 5.65 Å². The molecular formula is C31H30BN7O. The Hall–Kier alpha value is -4.66. The smallest absolute Gasteiger partial charge is 0.318 e.